The molecule has 16 heavy (non-hydrogen) atoms. The molecule has 0 bridgehead atoms. The van der Waals surface area contributed by atoms with Gasteiger partial charge in [-0.1, -0.05) is 27.7 Å². The van der Waals surface area contributed by atoms with Gasteiger partial charge in [-0.2, -0.15) is 0 Å². The Morgan fingerprint density at radius 1 is 1.50 bits per heavy atom. The first-order chi connectivity index (χ1) is 7.30. The second-order valence-electron chi connectivity index (χ2n) is 5.61. The van der Waals surface area contributed by atoms with Crippen LogP contribution in [0.15, 0.2) is 0 Å². The van der Waals surface area contributed by atoms with E-state index >= 15 is 0 Å². The lowest BCUT2D eigenvalue weighted by molar-refractivity contribution is -0.134. The second-order valence-corrected chi connectivity index (χ2v) is 5.61. The van der Waals surface area contributed by atoms with Gasteiger partial charge in [0.15, 0.2) is 0 Å². The summed E-state index contributed by atoms with van der Waals surface area (Å²) in [6.07, 6.45) is 1.10. The van der Waals surface area contributed by atoms with Crippen LogP contribution < -0.4 is 11.1 Å². The van der Waals surface area contributed by atoms with Gasteiger partial charge in [0.1, 0.15) is 0 Å². The van der Waals surface area contributed by atoms with Crippen molar-refractivity contribution < 1.29 is 9.53 Å². The fourth-order valence-corrected chi connectivity index (χ4v) is 2.10. The Hall–Kier alpha value is -0.610. The van der Waals surface area contributed by atoms with Crippen molar-refractivity contribution in [2.75, 3.05) is 7.11 Å². The molecule has 94 valence electrons. The van der Waals surface area contributed by atoms with E-state index in [9.17, 15) is 4.79 Å². The minimum absolute atomic E-state index is 0.00110. The number of carbonyl (C=O) groups excluding carboxylic acids is 1. The molecule has 1 saturated carbocycles. The fraction of sp³-hybridized carbons (Fsp3) is 0.917. The summed E-state index contributed by atoms with van der Waals surface area (Å²) in [5.74, 6) is 0.115. The fourth-order valence-electron chi connectivity index (χ4n) is 2.10. The van der Waals surface area contributed by atoms with E-state index in [2.05, 4.69) is 19.2 Å². The lowest BCUT2D eigenvalue weighted by atomic mass is 9.64. The summed E-state index contributed by atoms with van der Waals surface area (Å²) in [6.45, 7) is 8.12. The zero-order valence-electron chi connectivity index (χ0n) is 10.9. The van der Waals surface area contributed by atoms with Gasteiger partial charge >= 0.3 is 0 Å². The largest absolute Gasteiger partial charge is 0.381 e. The molecule has 1 rings (SSSR count). The van der Waals surface area contributed by atoms with Crippen LogP contribution in [0.3, 0.4) is 0 Å². The van der Waals surface area contributed by atoms with Gasteiger partial charge < -0.3 is 15.8 Å². The maximum absolute atomic E-state index is 11.8. The van der Waals surface area contributed by atoms with Crippen LogP contribution in [0.4, 0.5) is 0 Å². The SMILES string of the molecule is COC1CC(NC(=O)C(N)C(C)C)C1(C)C. The van der Waals surface area contributed by atoms with E-state index in [4.69, 9.17) is 10.5 Å². The van der Waals surface area contributed by atoms with Crippen molar-refractivity contribution in [2.24, 2.45) is 17.1 Å². The van der Waals surface area contributed by atoms with E-state index in [1.807, 2.05) is 13.8 Å². The molecule has 1 aliphatic rings. The van der Waals surface area contributed by atoms with Crippen molar-refractivity contribution in [1.82, 2.24) is 5.32 Å². The molecule has 1 fully saturated rings. The number of nitrogens with two attached hydrogens (primary N) is 1. The summed E-state index contributed by atoms with van der Waals surface area (Å²) < 4.78 is 5.34. The predicted octanol–water partition coefficient (Wildman–Crippen LogP) is 0.899. The molecule has 0 aromatic carbocycles. The van der Waals surface area contributed by atoms with Crippen LogP contribution in [0.1, 0.15) is 34.1 Å². The molecule has 0 saturated heterocycles. The Kier molecular flexibility index (Phi) is 3.97. The van der Waals surface area contributed by atoms with Crippen LogP contribution in [-0.2, 0) is 9.53 Å². The van der Waals surface area contributed by atoms with Crippen molar-refractivity contribution in [3.63, 3.8) is 0 Å². The van der Waals surface area contributed by atoms with Crippen molar-refractivity contribution in [1.29, 1.82) is 0 Å². The number of methoxy groups -OCH3 is 1. The standard InChI is InChI=1S/C12H24N2O2/c1-7(2)10(13)11(15)14-8-6-9(16-5)12(8,3)4/h7-10H,6,13H2,1-5H3,(H,14,15). The third-order valence-electron chi connectivity index (χ3n) is 3.80. The van der Waals surface area contributed by atoms with E-state index in [0.717, 1.165) is 6.42 Å². The van der Waals surface area contributed by atoms with Gasteiger partial charge in [0.2, 0.25) is 5.91 Å². The monoisotopic (exact) mass is 228 g/mol. The summed E-state index contributed by atoms with van der Waals surface area (Å²) in [7, 11) is 1.71. The molecular formula is C12H24N2O2. The highest BCUT2D eigenvalue weighted by Gasteiger charge is 2.49. The first kappa shape index (κ1) is 13.5. The van der Waals surface area contributed by atoms with E-state index in [-0.39, 0.29) is 29.4 Å². The Balaban J connectivity index is 2.49. The molecule has 1 amide bonds. The number of ether oxygens (including phenoxy) is 1. The first-order valence-electron chi connectivity index (χ1n) is 5.89. The molecule has 0 aromatic rings. The smallest absolute Gasteiger partial charge is 0.237 e. The molecule has 0 aromatic heterocycles. The lowest BCUT2D eigenvalue weighted by Gasteiger charge is -2.51. The number of hydrogen-bond acceptors (Lipinski definition) is 3. The van der Waals surface area contributed by atoms with E-state index in [0.29, 0.717) is 0 Å². The molecule has 4 heteroatoms. The Morgan fingerprint density at radius 3 is 2.44 bits per heavy atom. The van der Waals surface area contributed by atoms with Crippen LogP contribution in [0.25, 0.3) is 0 Å². The molecule has 3 atom stereocenters. The van der Waals surface area contributed by atoms with Gasteiger partial charge in [-0.3, -0.25) is 4.79 Å². The maximum atomic E-state index is 11.8. The van der Waals surface area contributed by atoms with Crippen molar-refractivity contribution in [2.45, 2.75) is 52.3 Å². The first-order valence-corrected chi connectivity index (χ1v) is 5.89. The number of nitrogens with one attached hydrogen (secondary N) is 1. The minimum atomic E-state index is -0.419. The summed E-state index contributed by atoms with van der Waals surface area (Å²) >= 11 is 0. The van der Waals surface area contributed by atoms with Crippen molar-refractivity contribution >= 4 is 5.91 Å². The summed E-state index contributed by atoms with van der Waals surface area (Å²) in [6, 6.07) is -0.243. The van der Waals surface area contributed by atoms with Crippen LogP contribution >= 0.6 is 0 Å². The molecular weight excluding hydrogens is 204 g/mol. The third kappa shape index (κ3) is 2.38. The van der Waals surface area contributed by atoms with Gasteiger partial charge in [-0.25, -0.2) is 0 Å². The summed E-state index contributed by atoms with van der Waals surface area (Å²) in [4.78, 5) is 11.8. The topological polar surface area (TPSA) is 64.3 Å². The summed E-state index contributed by atoms with van der Waals surface area (Å²) in [5, 5.41) is 3.01. The van der Waals surface area contributed by atoms with E-state index < -0.39 is 6.04 Å². The van der Waals surface area contributed by atoms with Crippen LogP contribution in [-0.4, -0.2) is 31.2 Å². The lowest BCUT2D eigenvalue weighted by Crippen LogP contribution is -2.63. The van der Waals surface area contributed by atoms with Gasteiger partial charge in [-0.15, -0.1) is 0 Å². The molecule has 0 radical (unpaired) electrons. The predicted molar refractivity (Wildman–Crippen MR) is 63.9 cm³/mol. The quantitative estimate of drug-likeness (QED) is 0.751. The normalized spacial score (nSPS) is 29.7. The summed E-state index contributed by atoms with van der Waals surface area (Å²) in [5.41, 5.74) is 5.80. The number of rotatable bonds is 4. The third-order valence-corrected chi connectivity index (χ3v) is 3.80. The molecule has 0 aliphatic heterocycles. The van der Waals surface area contributed by atoms with Gasteiger partial charge in [0.05, 0.1) is 12.1 Å². The minimum Gasteiger partial charge on any atom is -0.381 e. The molecule has 3 N–H and O–H groups in total. The second kappa shape index (κ2) is 4.72. The molecule has 4 nitrogen and oxygen atoms in total. The number of hydrogen-bond donors (Lipinski definition) is 2. The van der Waals surface area contributed by atoms with Crippen molar-refractivity contribution in [3.8, 4) is 0 Å². The van der Waals surface area contributed by atoms with Crippen LogP contribution in [0, 0.1) is 11.3 Å². The average Bonchev–Trinajstić information content (AvgIpc) is 2.21. The Bertz CT molecular complexity index is 264. The van der Waals surface area contributed by atoms with E-state index in [1.165, 1.54) is 0 Å². The Morgan fingerprint density at radius 2 is 2.06 bits per heavy atom. The molecule has 3 unspecified atom stereocenters. The molecule has 1 aliphatic carbocycles. The van der Waals surface area contributed by atoms with Crippen molar-refractivity contribution in [3.05, 3.63) is 0 Å². The highest BCUT2D eigenvalue weighted by atomic mass is 16.5. The average molecular weight is 228 g/mol. The van der Waals surface area contributed by atoms with Crippen LogP contribution in [0.5, 0.6) is 0 Å². The molecule has 0 heterocycles. The maximum Gasteiger partial charge on any atom is 0.237 e. The number of carbonyl (C=O) groups is 1. The van der Waals surface area contributed by atoms with Gasteiger partial charge in [0, 0.05) is 18.6 Å². The van der Waals surface area contributed by atoms with E-state index in [1.54, 1.807) is 7.11 Å². The Labute approximate surface area is 97.9 Å². The van der Waals surface area contributed by atoms with Gasteiger partial charge in [-0.05, 0) is 12.3 Å². The highest BCUT2D eigenvalue weighted by Crippen LogP contribution is 2.42. The van der Waals surface area contributed by atoms with Gasteiger partial charge in [0.25, 0.3) is 0 Å². The zero-order chi connectivity index (χ0) is 12.5. The molecule has 0 spiro atoms. The van der Waals surface area contributed by atoms with Crippen LogP contribution in [0.2, 0.25) is 0 Å². The highest BCUT2D eigenvalue weighted by molar-refractivity contribution is 5.82. The zero-order valence-corrected chi connectivity index (χ0v) is 10.9. The number of amides is 1.